The van der Waals surface area contributed by atoms with Crippen molar-refractivity contribution in [2.75, 3.05) is 20.3 Å². The Balaban J connectivity index is 1.83. The van der Waals surface area contributed by atoms with E-state index in [2.05, 4.69) is 21.7 Å². The number of carbonyl (C=O) groups is 1. The first-order valence-corrected chi connectivity index (χ1v) is 7.37. The highest BCUT2D eigenvalue weighted by Gasteiger charge is 2.12. The van der Waals surface area contributed by atoms with E-state index in [9.17, 15) is 4.79 Å². The number of nitrogens with zero attached hydrogens (tertiary/aromatic N) is 1. The number of hydrogen-bond donors (Lipinski definition) is 2. The van der Waals surface area contributed by atoms with Crippen LogP contribution >= 0.6 is 11.3 Å². The predicted molar refractivity (Wildman–Crippen MR) is 80.8 cm³/mol. The Kier molecular flexibility index (Phi) is 5.46. The van der Waals surface area contributed by atoms with Crippen molar-refractivity contribution in [1.82, 2.24) is 15.6 Å². The first-order valence-electron chi connectivity index (χ1n) is 6.55. The van der Waals surface area contributed by atoms with Crippen molar-refractivity contribution in [2.45, 2.75) is 19.5 Å². The molecule has 1 aromatic heterocycles. The van der Waals surface area contributed by atoms with E-state index in [1.807, 2.05) is 25.1 Å². The van der Waals surface area contributed by atoms with Gasteiger partial charge in [0.1, 0.15) is 5.01 Å². The topological polar surface area (TPSA) is 63.2 Å². The number of amides is 1. The molecule has 0 spiro atoms. The Hall–Kier alpha value is -1.50. The number of carbonyl (C=O) groups excluding carboxylic acids is 1. The molecule has 6 heteroatoms. The van der Waals surface area contributed by atoms with Crippen molar-refractivity contribution >= 4 is 27.5 Å². The molecule has 1 atom stereocenters. The molecule has 0 aliphatic heterocycles. The minimum absolute atomic E-state index is 0.0249. The van der Waals surface area contributed by atoms with Gasteiger partial charge in [-0.15, -0.1) is 11.3 Å². The van der Waals surface area contributed by atoms with Crippen LogP contribution in [0.2, 0.25) is 0 Å². The number of rotatable bonds is 7. The van der Waals surface area contributed by atoms with E-state index < -0.39 is 0 Å². The van der Waals surface area contributed by atoms with Crippen LogP contribution in [0, 0.1) is 0 Å². The van der Waals surface area contributed by atoms with Crippen LogP contribution in [0.1, 0.15) is 11.9 Å². The summed E-state index contributed by atoms with van der Waals surface area (Å²) in [6.07, 6.45) is 0. The molecule has 0 aliphatic carbocycles. The molecule has 2 N–H and O–H groups in total. The van der Waals surface area contributed by atoms with Crippen LogP contribution in [0.3, 0.4) is 0 Å². The summed E-state index contributed by atoms with van der Waals surface area (Å²) in [5, 5.41) is 6.97. The lowest BCUT2D eigenvalue weighted by atomic mass is 10.3. The van der Waals surface area contributed by atoms with Gasteiger partial charge in [0.05, 0.1) is 22.9 Å². The van der Waals surface area contributed by atoms with E-state index in [0.717, 1.165) is 10.5 Å². The smallest absolute Gasteiger partial charge is 0.236 e. The van der Waals surface area contributed by atoms with Crippen molar-refractivity contribution in [3.8, 4) is 0 Å². The number of aromatic nitrogens is 1. The monoisotopic (exact) mass is 293 g/mol. The Bertz CT molecular complexity index is 537. The number of methoxy groups -OCH3 is 1. The molecule has 0 bridgehead atoms. The van der Waals surface area contributed by atoms with Crippen molar-refractivity contribution < 1.29 is 9.53 Å². The largest absolute Gasteiger partial charge is 0.383 e. The van der Waals surface area contributed by atoms with Gasteiger partial charge in [0.25, 0.3) is 0 Å². The summed E-state index contributed by atoms with van der Waals surface area (Å²) in [6.45, 7) is 3.49. The molecule has 0 fully saturated rings. The summed E-state index contributed by atoms with van der Waals surface area (Å²) in [4.78, 5) is 16.3. The second-order valence-electron chi connectivity index (χ2n) is 4.46. The molecular formula is C14H19N3O2S. The normalized spacial score (nSPS) is 12.5. The zero-order valence-corrected chi connectivity index (χ0v) is 12.5. The van der Waals surface area contributed by atoms with Crippen LogP contribution in [0.15, 0.2) is 24.3 Å². The van der Waals surface area contributed by atoms with Crippen molar-refractivity contribution in [3.63, 3.8) is 0 Å². The Labute approximate surface area is 122 Å². The van der Waals surface area contributed by atoms with Crippen LogP contribution < -0.4 is 10.6 Å². The third kappa shape index (κ3) is 4.00. The van der Waals surface area contributed by atoms with E-state index in [1.54, 1.807) is 18.4 Å². The molecule has 1 heterocycles. The molecule has 1 amide bonds. The van der Waals surface area contributed by atoms with Crippen molar-refractivity contribution in [2.24, 2.45) is 0 Å². The van der Waals surface area contributed by atoms with Crippen LogP contribution in [0.25, 0.3) is 10.2 Å². The van der Waals surface area contributed by atoms with E-state index >= 15 is 0 Å². The van der Waals surface area contributed by atoms with E-state index in [-0.39, 0.29) is 11.9 Å². The first-order chi connectivity index (χ1) is 9.70. The quantitative estimate of drug-likeness (QED) is 0.760. The maximum Gasteiger partial charge on any atom is 0.236 e. The fraction of sp³-hybridized carbons (Fsp3) is 0.429. The van der Waals surface area contributed by atoms with Gasteiger partial charge in [-0.3, -0.25) is 10.1 Å². The molecule has 2 rings (SSSR count). The maximum absolute atomic E-state index is 11.8. The van der Waals surface area contributed by atoms with E-state index in [1.165, 1.54) is 4.70 Å². The Morgan fingerprint density at radius 1 is 1.45 bits per heavy atom. The zero-order valence-electron chi connectivity index (χ0n) is 11.7. The fourth-order valence-electron chi connectivity index (χ4n) is 1.76. The molecule has 0 saturated carbocycles. The summed E-state index contributed by atoms with van der Waals surface area (Å²) in [5.41, 5.74) is 1.01. The van der Waals surface area contributed by atoms with Gasteiger partial charge in [0.15, 0.2) is 0 Å². The van der Waals surface area contributed by atoms with Crippen LogP contribution in [-0.4, -0.2) is 37.2 Å². The SMILES string of the molecule is COCCNC(=O)C(C)NCc1nc2ccccc2s1. The number of benzene rings is 1. The molecule has 108 valence electrons. The van der Waals surface area contributed by atoms with Crippen LogP contribution in [0.4, 0.5) is 0 Å². The molecule has 1 unspecified atom stereocenters. The molecular weight excluding hydrogens is 274 g/mol. The minimum atomic E-state index is -0.251. The average Bonchev–Trinajstić information content (AvgIpc) is 2.87. The number of ether oxygens (including phenoxy) is 1. The number of nitrogens with one attached hydrogen (secondary N) is 2. The molecule has 0 saturated heterocycles. The summed E-state index contributed by atoms with van der Waals surface area (Å²) >= 11 is 1.65. The molecule has 20 heavy (non-hydrogen) atoms. The number of hydrogen-bond acceptors (Lipinski definition) is 5. The van der Waals surface area contributed by atoms with Crippen LogP contribution in [0.5, 0.6) is 0 Å². The lowest BCUT2D eigenvalue weighted by Crippen LogP contribution is -2.42. The van der Waals surface area contributed by atoms with Gasteiger partial charge in [0.2, 0.25) is 5.91 Å². The zero-order chi connectivity index (χ0) is 14.4. The van der Waals surface area contributed by atoms with Crippen molar-refractivity contribution in [1.29, 1.82) is 0 Å². The molecule has 5 nitrogen and oxygen atoms in total. The van der Waals surface area contributed by atoms with Gasteiger partial charge >= 0.3 is 0 Å². The minimum Gasteiger partial charge on any atom is -0.383 e. The average molecular weight is 293 g/mol. The summed E-state index contributed by atoms with van der Waals surface area (Å²) in [7, 11) is 1.61. The fourth-order valence-corrected chi connectivity index (χ4v) is 2.68. The summed E-state index contributed by atoms with van der Waals surface area (Å²) < 4.78 is 6.06. The number of thiazole rings is 1. The van der Waals surface area contributed by atoms with Gasteiger partial charge in [-0.1, -0.05) is 12.1 Å². The summed E-state index contributed by atoms with van der Waals surface area (Å²) in [5.74, 6) is -0.0249. The standard InChI is InChI=1S/C14H19N3O2S/c1-10(14(18)15-7-8-19-2)16-9-13-17-11-5-3-4-6-12(11)20-13/h3-6,10,16H,7-9H2,1-2H3,(H,15,18). The molecule has 2 aromatic rings. The van der Waals surface area contributed by atoms with E-state index in [4.69, 9.17) is 4.74 Å². The lowest BCUT2D eigenvalue weighted by Gasteiger charge is -2.12. The number of para-hydroxylation sites is 1. The third-order valence-corrected chi connectivity index (χ3v) is 3.93. The lowest BCUT2D eigenvalue weighted by molar-refractivity contribution is -0.122. The van der Waals surface area contributed by atoms with Crippen LogP contribution in [-0.2, 0) is 16.1 Å². The Morgan fingerprint density at radius 3 is 3.00 bits per heavy atom. The number of fused-ring (bicyclic) bond motifs is 1. The second-order valence-corrected chi connectivity index (χ2v) is 5.58. The first kappa shape index (κ1) is 14.9. The van der Waals surface area contributed by atoms with Gasteiger partial charge in [-0.2, -0.15) is 0 Å². The van der Waals surface area contributed by atoms with Gasteiger partial charge in [-0.25, -0.2) is 4.98 Å². The maximum atomic E-state index is 11.8. The van der Waals surface area contributed by atoms with Gasteiger partial charge < -0.3 is 10.1 Å². The molecule has 0 radical (unpaired) electrons. The summed E-state index contributed by atoms with van der Waals surface area (Å²) in [6, 6.07) is 7.78. The highest BCUT2D eigenvalue weighted by Crippen LogP contribution is 2.21. The highest BCUT2D eigenvalue weighted by atomic mass is 32.1. The van der Waals surface area contributed by atoms with Crippen molar-refractivity contribution in [3.05, 3.63) is 29.3 Å². The highest BCUT2D eigenvalue weighted by molar-refractivity contribution is 7.18. The van der Waals surface area contributed by atoms with E-state index in [0.29, 0.717) is 19.7 Å². The van der Waals surface area contributed by atoms with Gasteiger partial charge in [0, 0.05) is 20.2 Å². The Morgan fingerprint density at radius 2 is 2.25 bits per heavy atom. The van der Waals surface area contributed by atoms with Gasteiger partial charge in [-0.05, 0) is 19.1 Å². The predicted octanol–water partition coefficient (Wildman–Crippen LogP) is 1.54. The second kappa shape index (κ2) is 7.33. The third-order valence-electron chi connectivity index (χ3n) is 2.90. The molecule has 1 aromatic carbocycles. The molecule has 0 aliphatic rings.